The molecule has 35 heavy (non-hydrogen) atoms. The van der Waals surface area contributed by atoms with Crippen molar-refractivity contribution in [2.24, 2.45) is 5.92 Å². The van der Waals surface area contributed by atoms with Crippen LogP contribution in [0.3, 0.4) is 0 Å². The third kappa shape index (κ3) is 5.36. The highest BCUT2D eigenvalue weighted by Crippen LogP contribution is 2.38. The van der Waals surface area contributed by atoms with Crippen LogP contribution in [0.2, 0.25) is 0 Å². The molecule has 1 aromatic carbocycles. The second-order valence-corrected chi connectivity index (χ2v) is 12.5. The molecule has 2 heterocycles. The molecule has 194 valence electrons. The standard InChI is InChI=1S/C24H34F2N4O4S/c1-23(2,3)22-28-18-13-17(35(32,33)29-11-12-34-20(15-29)21(31)27-4)5-6-19(18)30(22)14-16-7-9-24(25,26)10-8-16/h5-6,13,16,20H,7-12,14-15H2,1-4H3,(H,27,31)/t20-/m1/s1. The Labute approximate surface area is 205 Å². The van der Waals surface area contributed by atoms with E-state index >= 15 is 0 Å². The number of sulfonamides is 1. The first-order chi connectivity index (χ1) is 16.3. The molecule has 2 fully saturated rings. The van der Waals surface area contributed by atoms with Crippen LogP contribution < -0.4 is 5.32 Å². The van der Waals surface area contributed by atoms with E-state index in [9.17, 15) is 22.0 Å². The van der Waals surface area contributed by atoms with E-state index in [1.54, 1.807) is 18.2 Å². The van der Waals surface area contributed by atoms with E-state index in [4.69, 9.17) is 9.72 Å². The van der Waals surface area contributed by atoms with Crippen LogP contribution >= 0.6 is 0 Å². The molecular weight excluding hydrogens is 478 g/mol. The van der Waals surface area contributed by atoms with E-state index in [0.29, 0.717) is 24.9 Å². The lowest BCUT2D eigenvalue weighted by Crippen LogP contribution is -2.50. The fourth-order valence-corrected chi connectivity index (χ4v) is 6.33. The summed E-state index contributed by atoms with van der Waals surface area (Å²) in [5.41, 5.74) is 1.02. The largest absolute Gasteiger partial charge is 0.366 e. The number of rotatable bonds is 5. The number of carbonyl (C=O) groups excluding carboxylic acids is 1. The van der Waals surface area contributed by atoms with Gasteiger partial charge in [-0.15, -0.1) is 0 Å². The van der Waals surface area contributed by atoms with Crippen molar-refractivity contribution >= 4 is 27.0 Å². The zero-order valence-corrected chi connectivity index (χ0v) is 21.5. The summed E-state index contributed by atoms with van der Waals surface area (Å²) >= 11 is 0. The summed E-state index contributed by atoms with van der Waals surface area (Å²) in [4.78, 5) is 16.9. The SMILES string of the molecule is CNC(=O)[C@H]1CN(S(=O)(=O)c2ccc3c(c2)nc(C(C)(C)C)n3CC2CCC(F)(F)CC2)CCO1. The van der Waals surface area contributed by atoms with Gasteiger partial charge in [0.25, 0.3) is 0 Å². The van der Waals surface area contributed by atoms with Gasteiger partial charge in [0.05, 0.1) is 22.5 Å². The molecule has 1 aliphatic carbocycles. The number of nitrogens with one attached hydrogen (secondary N) is 1. The summed E-state index contributed by atoms with van der Waals surface area (Å²) in [6, 6.07) is 4.87. The minimum absolute atomic E-state index is 0.0615. The molecule has 11 heteroatoms. The second kappa shape index (κ2) is 9.40. The molecule has 1 saturated heterocycles. The number of benzene rings is 1. The Balaban J connectivity index is 1.65. The van der Waals surface area contributed by atoms with E-state index in [-0.39, 0.29) is 54.7 Å². The molecule has 4 rings (SSSR count). The Morgan fingerprint density at radius 1 is 1.26 bits per heavy atom. The Morgan fingerprint density at radius 2 is 1.94 bits per heavy atom. The third-order valence-electron chi connectivity index (χ3n) is 6.87. The highest BCUT2D eigenvalue weighted by Gasteiger charge is 2.37. The highest BCUT2D eigenvalue weighted by atomic mass is 32.2. The predicted octanol–water partition coefficient (Wildman–Crippen LogP) is 3.29. The lowest BCUT2D eigenvalue weighted by molar-refractivity contribution is -0.135. The van der Waals surface area contributed by atoms with Crippen LogP contribution in [-0.4, -0.2) is 67.0 Å². The maximum Gasteiger partial charge on any atom is 0.250 e. The molecule has 0 bridgehead atoms. The van der Waals surface area contributed by atoms with Crippen molar-refractivity contribution in [1.29, 1.82) is 0 Å². The van der Waals surface area contributed by atoms with Gasteiger partial charge in [-0.3, -0.25) is 4.79 Å². The summed E-state index contributed by atoms with van der Waals surface area (Å²) in [7, 11) is -2.39. The van der Waals surface area contributed by atoms with Gasteiger partial charge in [-0.25, -0.2) is 22.2 Å². The second-order valence-electron chi connectivity index (χ2n) is 10.6. The quantitative estimate of drug-likeness (QED) is 0.664. The average Bonchev–Trinajstić information content (AvgIpc) is 3.18. The molecule has 0 radical (unpaired) electrons. The minimum atomic E-state index is -3.87. The molecular formula is C24H34F2N4O4S. The van der Waals surface area contributed by atoms with Gasteiger partial charge in [0.1, 0.15) is 11.9 Å². The number of aromatic nitrogens is 2. The first-order valence-electron chi connectivity index (χ1n) is 12.0. The van der Waals surface area contributed by atoms with E-state index in [1.165, 1.54) is 11.4 Å². The summed E-state index contributed by atoms with van der Waals surface area (Å²) in [5, 5.41) is 2.49. The molecule has 0 spiro atoms. The van der Waals surface area contributed by atoms with Gasteiger partial charge in [0, 0.05) is 44.9 Å². The molecule has 1 amide bonds. The van der Waals surface area contributed by atoms with E-state index in [0.717, 1.165) is 11.3 Å². The summed E-state index contributed by atoms with van der Waals surface area (Å²) in [5.74, 6) is -2.04. The molecule has 1 aliphatic heterocycles. The number of halogens is 2. The number of hydrogen-bond donors (Lipinski definition) is 1. The van der Waals surface area contributed by atoms with Crippen molar-refractivity contribution < 1.29 is 26.7 Å². The van der Waals surface area contributed by atoms with Crippen molar-refractivity contribution in [1.82, 2.24) is 19.2 Å². The molecule has 1 aromatic heterocycles. The van der Waals surface area contributed by atoms with Crippen LogP contribution in [0.25, 0.3) is 11.0 Å². The summed E-state index contributed by atoms with van der Waals surface area (Å²) in [6.07, 6.45) is -0.164. The predicted molar refractivity (Wildman–Crippen MR) is 128 cm³/mol. The Morgan fingerprint density at radius 3 is 2.57 bits per heavy atom. The zero-order valence-electron chi connectivity index (χ0n) is 20.7. The lowest BCUT2D eigenvalue weighted by Gasteiger charge is -2.31. The number of fused-ring (bicyclic) bond motifs is 1. The van der Waals surface area contributed by atoms with Crippen LogP contribution in [0.15, 0.2) is 23.1 Å². The lowest BCUT2D eigenvalue weighted by atomic mass is 9.86. The summed E-state index contributed by atoms with van der Waals surface area (Å²) < 4.78 is 62.9. The Bertz CT molecular complexity index is 1200. The monoisotopic (exact) mass is 512 g/mol. The van der Waals surface area contributed by atoms with Crippen LogP contribution in [0.1, 0.15) is 52.3 Å². The topological polar surface area (TPSA) is 93.5 Å². The van der Waals surface area contributed by atoms with Gasteiger partial charge >= 0.3 is 0 Å². The van der Waals surface area contributed by atoms with Crippen LogP contribution in [0.5, 0.6) is 0 Å². The van der Waals surface area contributed by atoms with Gasteiger partial charge in [-0.05, 0) is 37.0 Å². The van der Waals surface area contributed by atoms with Gasteiger partial charge in [-0.2, -0.15) is 4.31 Å². The number of ether oxygens (including phenoxy) is 1. The van der Waals surface area contributed by atoms with Crippen LogP contribution in [0.4, 0.5) is 8.78 Å². The smallest absolute Gasteiger partial charge is 0.250 e. The first kappa shape index (κ1) is 26.0. The van der Waals surface area contributed by atoms with Crippen molar-refractivity contribution in [3.63, 3.8) is 0 Å². The fraction of sp³-hybridized carbons (Fsp3) is 0.667. The zero-order chi connectivity index (χ0) is 25.6. The molecule has 0 unspecified atom stereocenters. The van der Waals surface area contributed by atoms with Gasteiger partial charge < -0.3 is 14.6 Å². The van der Waals surface area contributed by atoms with Gasteiger partial charge in [0.15, 0.2) is 0 Å². The normalized spacial score (nSPS) is 22.4. The maximum absolute atomic E-state index is 13.7. The number of nitrogens with zero attached hydrogens (tertiary/aromatic N) is 3. The number of hydrogen-bond acceptors (Lipinski definition) is 5. The first-order valence-corrected chi connectivity index (χ1v) is 13.5. The number of likely N-dealkylation sites (N-methyl/N-ethyl adjacent to an activating group) is 1. The third-order valence-corrected chi connectivity index (χ3v) is 8.73. The summed E-state index contributed by atoms with van der Waals surface area (Å²) in [6.45, 7) is 6.89. The molecule has 1 N–H and O–H groups in total. The number of morpholine rings is 1. The Kier molecular flexibility index (Phi) is 6.98. The van der Waals surface area contributed by atoms with Crippen molar-refractivity contribution in [3.8, 4) is 0 Å². The fourth-order valence-electron chi connectivity index (χ4n) is 4.88. The average molecular weight is 513 g/mol. The molecule has 1 atom stereocenters. The van der Waals surface area contributed by atoms with Crippen molar-refractivity contribution in [2.75, 3.05) is 26.7 Å². The van der Waals surface area contributed by atoms with Crippen molar-refractivity contribution in [2.45, 2.75) is 75.3 Å². The van der Waals surface area contributed by atoms with E-state index in [1.807, 2.05) is 20.8 Å². The molecule has 1 saturated carbocycles. The number of carbonyl (C=O) groups is 1. The highest BCUT2D eigenvalue weighted by molar-refractivity contribution is 7.89. The minimum Gasteiger partial charge on any atom is -0.366 e. The molecule has 2 aromatic rings. The Hall–Kier alpha value is -2.11. The number of alkyl halides is 2. The maximum atomic E-state index is 13.7. The molecule has 2 aliphatic rings. The van der Waals surface area contributed by atoms with E-state index < -0.39 is 22.0 Å². The van der Waals surface area contributed by atoms with Crippen molar-refractivity contribution in [3.05, 3.63) is 24.0 Å². The van der Waals surface area contributed by atoms with Gasteiger partial charge in [0.2, 0.25) is 21.9 Å². The number of imidazole rings is 1. The van der Waals surface area contributed by atoms with Crippen LogP contribution in [0, 0.1) is 5.92 Å². The number of amides is 1. The molecule has 8 nitrogen and oxygen atoms in total. The van der Waals surface area contributed by atoms with Crippen LogP contribution in [-0.2, 0) is 31.5 Å². The van der Waals surface area contributed by atoms with E-state index in [2.05, 4.69) is 9.88 Å². The van der Waals surface area contributed by atoms with Gasteiger partial charge in [-0.1, -0.05) is 20.8 Å².